The van der Waals surface area contributed by atoms with Crippen LogP contribution >= 0.6 is 11.6 Å². The lowest BCUT2D eigenvalue weighted by molar-refractivity contribution is -0.137. The van der Waals surface area contributed by atoms with Crippen LogP contribution in [0.1, 0.15) is 61.5 Å². The number of nitrogens with zero attached hydrogens (tertiary/aromatic N) is 1. The Morgan fingerprint density at radius 2 is 1.70 bits per heavy atom. The van der Waals surface area contributed by atoms with Gasteiger partial charge in [0.15, 0.2) is 0 Å². The fraction of sp³-hybridized carbons (Fsp3) is 0.375. The summed E-state index contributed by atoms with van der Waals surface area (Å²) in [6, 6.07) is 23.2. The van der Waals surface area contributed by atoms with Crippen molar-refractivity contribution < 1.29 is 9.59 Å². The molecule has 1 fully saturated rings. The van der Waals surface area contributed by atoms with Gasteiger partial charge in [0, 0.05) is 23.7 Å². The van der Waals surface area contributed by atoms with E-state index in [1.54, 1.807) is 6.07 Å². The van der Waals surface area contributed by atoms with Crippen LogP contribution in [0.3, 0.4) is 0 Å². The SMILES string of the molecule is Cc1ccccc1-c1cccc(C(=O)N[C@@H](C(=O)N2CC[C@H](c3ccc(Cl)cc3)C(C)(C)C2)C(C)C)c1. The molecule has 5 heteroatoms. The molecule has 0 unspecified atom stereocenters. The Morgan fingerprint density at radius 1 is 1.00 bits per heavy atom. The zero-order chi connectivity index (χ0) is 26.7. The zero-order valence-electron chi connectivity index (χ0n) is 22.4. The lowest BCUT2D eigenvalue weighted by Gasteiger charge is -2.45. The second-order valence-corrected chi connectivity index (χ2v) is 11.7. The highest BCUT2D eigenvalue weighted by Crippen LogP contribution is 2.42. The van der Waals surface area contributed by atoms with E-state index in [4.69, 9.17) is 11.6 Å². The Morgan fingerprint density at radius 3 is 2.35 bits per heavy atom. The number of carbonyl (C=O) groups is 2. The van der Waals surface area contributed by atoms with Crippen molar-refractivity contribution in [3.05, 3.63) is 94.5 Å². The monoisotopic (exact) mass is 516 g/mol. The summed E-state index contributed by atoms with van der Waals surface area (Å²) in [6.07, 6.45) is 0.873. The Bertz CT molecular complexity index is 1270. The number of aryl methyl sites for hydroxylation is 1. The van der Waals surface area contributed by atoms with Crippen molar-refractivity contribution in [2.75, 3.05) is 13.1 Å². The molecule has 4 rings (SSSR count). The van der Waals surface area contributed by atoms with Gasteiger partial charge in [0.05, 0.1) is 0 Å². The Kier molecular flexibility index (Phi) is 8.08. The largest absolute Gasteiger partial charge is 0.340 e. The first kappa shape index (κ1) is 26.9. The summed E-state index contributed by atoms with van der Waals surface area (Å²) in [5, 5.41) is 3.79. The highest BCUT2D eigenvalue weighted by molar-refractivity contribution is 6.30. The predicted molar refractivity (Wildman–Crippen MR) is 152 cm³/mol. The first-order valence-corrected chi connectivity index (χ1v) is 13.5. The molecule has 0 spiro atoms. The number of piperidine rings is 1. The molecule has 0 saturated carbocycles. The maximum atomic E-state index is 13.7. The quantitative estimate of drug-likeness (QED) is 0.379. The number of nitrogens with one attached hydrogen (secondary N) is 1. The van der Waals surface area contributed by atoms with E-state index in [1.165, 1.54) is 5.56 Å². The molecule has 1 aliphatic rings. The molecular weight excluding hydrogens is 480 g/mol. The maximum Gasteiger partial charge on any atom is 0.251 e. The number of amides is 2. The van der Waals surface area contributed by atoms with Crippen molar-refractivity contribution in [2.24, 2.45) is 11.3 Å². The highest BCUT2D eigenvalue weighted by atomic mass is 35.5. The molecule has 0 bridgehead atoms. The van der Waals surface area contributed by atoms with Gasteiger partial charge in [-0.2, -0.15) is 0 Å². The standard InChI is InChI=1S/C32H37ClN2O2/c1-21(2)29(34-30(36)25-11-8-10-24(19-25)27-12-7-6-9-22(27)3)31(37)35-18-17-28(32(4,5)20-35)23-13-15-26(33)16-14-23/h6-16,19,21,28-29H,17-18,20H2,1-5H3,(H,34,36)/t28-,29-/m1/s1. The van der Waals surface area contributed by atoms with Gasteiger partial charge in [-0.05, 0) is 77.1 Å². The number of hydrogen-bond donors (Lipinski definition) is 1. The highest BCUT2D eigenvalue weighted by Gasteiger charge is 2.40. The second-order valence-electron chi connectivity index (χ2n) is 11.2. The van der Waals surface area contributed by atoms with Crippen LogP contribution in [0.4, 0.5) is 0 Å². The minimum absolute atomic E-state index is 0.0129. The minimum atomic E-state index is -0.586. The van der Waals surface area contributed by atoms with Crippen LogP contribution in [0, 0.1) is 18.3 Å². The van der Waals surface area contributed by atoms with Gasteiger partial charge >= 0.3 is 0 Å². The normalized spacial score (nSPS) is 17.9. The fourth-order valence-electron chi connectivity index (χ4n) is 5.52. The summed E-state index contributed by atoms with van der Waals surface area (Å²) in [4.78, 5) is 29.0. The van der Waals surface area contributed by atoms with Gasteiger partial charge in [0.2, 0.25) is 5.91 Å². The van der Waals surface area contributed by atoms with Crippen molar-refractivity contribution in [2.45, 2.75) is 53.0 Å². The lowest BCUT2D eigenvalue weighted by Crippen LogP contribution is -2.55. The summed E-state index contributed by atoms with van der Waals surface area (Å²) in [6.45, 7) is 11.8. The predicted octanol–water partition coefficient (Wildman–Crippen LogP) is 7.11. The van der Waals surface area contributed by atoms with Gasteiger partial charge in [-0.1, -0.05) is 87.8 Å². The molecule has 3 aromatic rings. The molecular formula is C32H37ClN2O2. The molecule has 1 N–H and O–H groups in total. The van der Waals surface area contributed by atoms with Crippen LogP contribution < -0.4 is 5.32 Å². The maximum absolute atomic E-state index is 13.7. The van der Waals surface area contributed by atoms with Gasteiger partial charge in [-0.25, -0.2) is 0 Å². The number of carbonyl (C=O) groups excluding carboxylic acids is 2. The van der Waals surface area contributed by atoms with Gasteiger partial charge < -0.3 is 10.2 Å². The van der Waals surface area contributed by atoms with E-state index in [0.717, 1.165) is 28.1 Å². The minimum Gasteiger partial charge on any atom is -0.340 e. The number of halogens is 1. The molecule has 37 heavy (non-hydrogen) atoms. The van der Waals surface area contributed by atoms with E-state index in [2.05, 4.69) is 50.4 Å². The summed E-state index contributed by atoms with van der Waals surface area (Å²) < 4.78 is 0. The van der Waals surface area contributed by atoms with Gasteiger partial charge in [-0.3, -0.25) is 9.59 Å². The summed E-state index contributed by atoms with van der Waals surface area (Å²) in [7, 11) is 0. The molecule has 0 aromatic heterocycles. The van der Waals surface area contributed by atoms with E-state index in [-0.39, 0.29) is 23.1 Å². The van der Waals surface area contributed by atoms with Crippen molar-refractivity contribution in [1.29, 1.82) is 0 Å². The van der Waals surface area contributed by atoms with Crippen LogP contribution in [0.25, 0.3) is 11.1 Å². The number of rotatable bonds is 6. The van der Waals surface area contributed by atoms with Crippen LogP contribution in [-0.4, -0.2) is 35.8 Å². The van der Waals surface area contributed by atoms with E-state index in [0.29, 0.717) is 24.6 Å². The zero-order valence-corrected chi connectivity index (χ0v) is 23.2. The van der Waals surface area contributed by atoms with E-state index in [1.807, 2.05) is 61.2 Å². The van der Waals surface area contributed by atoms with Gasteiger partial charge in [0.1, 0.15) is 6.04 Å². The molecule has 1 aliphatic heterocycles. The van der Waals surface area contributed by atoms with Crippen LogP contribution in [0.15, 0.2) is 72.8 Å². The average Bonchev–Trinajstić information content (AvgIpc) is 2.87. The smallest absolute Gasteiger partial charge is 0.251 e. The van der Waals surface area contributed by atoms with Crippen LogP contribution in [0.2, 0.25) is 5.02 Å². The Labute approximate surface area is 226 Å². The topological polar surface area (TPSA) is 49.4 Å². The van der Waals surface area contributed by atoms with Crippen LogP contribution in [-0.2, 0) is 4.79 Å². The summed E-state index contributed by atoms with van der Waals surface area (Å²) >= 11 is 6.10. The third-order valence-corrected chi connectivity index (χ3v) is 7.87. The lowest BCUT2D eigenvalue weighted by atomic mass is 9.70. The average molecular weight is 517 g/mol. The molecule has 3 aromatic carbocycles. The number of benzene rings is 3. The van der Waals surface area contributed by atoms with Crippen molar-refractivity contribution >= 4 is 23.4 Å². The fourth-order valence-corrected chi connectivity index (χ4v) is 5.64. The Balaban J connectivity index is 1.48. The molecule has 1 heterocycles. The molecule has 2 atom stereocenters. The number of hydrogen-bond acceptors (Lipinski definition) is 2. The summed E-state index contributed by atoms with van der Waals surface area (Å²) in [5.41, 5.74) is 4.95. The number of likely N-dealkylation sites (tertiary alicyclic amines) is 1. The molecule has 0 radical (unpaired) electrons. The van der Waals surface area contributed by atoms with Crippen molar-refractivity contribution in [1.82, 2.24) is 10.2 Å². The van der Waals surface area contributed by atoms with Crippen molar-refractivity contribution in [3.63, 3.8) is 0 Å². The first-order chi connectivity index (χ1) is 17.6. The molecule has 4 nitrogen and oxygen atoms in total. The molecule has 2 amide bonds. The third kappa shape index (κ3) is 6.07. The van der Waals surface area contributed by atoms with Crippen LogP contribution in [0.5, 0.6) is 0 Å². The Hall–Kier alpha value is -3.11. The third-order valence-electron chi connectivity index (χ3n) is 7.61. The van der Waals surface area contributed by atoms with Gasteiger partial charge in [-0.15, -0.1) is 0 Å². The first-order valence-electron chi connectivity index (χ1n) is 13.1. The second kappa shape index (κ2) is 11.1. The van der Waals surface area contributed by atoms with E-state index in [9.17, 15) is 9.59 Å². The van der Waals surface area contributed by atoms with Gasteiger partial charge in [0.25, 0.3) is 5.91 Å². The molecule has 1 saturated heterocycles. The summed E-state index contributed by atoms with van der Waals surface area (Å²) in [5.74, 6) is 0.0667. The molecule has 194 valence electrons. The van der Waals surface area contributed by atoms with E-state index < -0.39 is 6.04 Å². The van der Waals surface area contributed by atoms with E-state index >= 15 is 0 Å². The molecule has 0 aliphatic carbocycles. The van der Waals surface area contributed by atoms with Crippen molar-refractivity contribution in [3.8, 4) is 11.1 Å².